The highest BCUT2D eigenvalue weighted by molar-refractivity contribution is 6.01. The van der Waals surface area contributed by atoms with Crippen LogP contribution in [0.25, 0.3) is 0 Å². The van der Waals surface area contributed by atoms with Crippen molar-refractivity contribution < 1.29 is 53.4 Å². The number of aliphatic imine (C=N–C) groups is 3. The lowest BCUT2D eigenvalue weighted by Gasteiger charge is -2.25. The zero-order chi connectivity index (χ0) is 42.0. The fraction of sp³-hybridized carbons (Fsp3) is 0.750. The van der Waals surface area contributed by atoms with Crippen LogP contribution in [-0.2, 0) is 43.1 Å². The standard InChI is InChI=1S/C15H26N2O2.C13H21N2.C6H7NO4.C4H5NO3.C2H4O2/c1-12(18)19-15(16-13-8-4-2-5-9-13)17-14-10-6-3-7-11-14;1-3-7-12(8-4-1)14-11-15-13-9-5-2-6-10-13;1-4(8)11-7-5(9)2-3-6(7)10;6-3-1-2-4(7)5(3)8;1-2(3)4/h13-14H,2-11H2,1H3,(H,16,17);1,12-13H,2-10H2;2-3H2,1H3;8H,1-2H2;1H3,(H,3,4)/q;+1;;;. The van der Waals surface area contributed by atoms with Gasteiger partial charge in [0.15, 0.2) is 0 Å². The van der Waals surface area contributed by atoms with Gasteiger partial charge in [0.05, 0.1) is 43.4 Å². The normalized spacial score (nSPS) is 20.7. The monoisotopic (exact) mass is 803 g/mol. The lowest BCUT2D eigenvalue weighted by Crippen LogP contribution is -2.39. The van der Waals surface area contributed by atoms with E-state index < -0.39 is 35.6 Å². The van der Waals surface area contributed by atoms with Crippen molar-refractivity contribution >= 4 is 53.6 Å². The molecule has 0 aromatic rings. The minimum absolute atomic E-state index is 0.131. The van der Waals surface area contributed by atoms with Crippen molar-refractivity contribution in [1.82, 2.24) is 15.4 Å². The molecule has 6 fully saturated rings. The van der Waals surface area contributed by atoms with Crippen LogP contribution in [0.3, 0.4) is 0 Å². The second-order valence-corrected chi connectivity index (χ2v) is 14.8. The minimum Gasteiger partial charge on any atom is -0.481 e. The van der Waals surface area contributed by atoms with Crippen molar-refractivity contribution in [1.29, 1.82) is 0 Å². The number of nitrogens with zero attached hydrogens (tertiary/aromatic N) is 5. The Bertz CT molecular complexity index is 1350. The molecule has 2 heterocycles. The summed E-state index contributed by atoms with van der Waals surface area (Å²) >= 11 is 0. The molecule has 6 rings (SSSR count). The van der Waals surface area contributed by atoms with E-state index in [-0.39, 0.29) is 36.7 Å². The molecule has 318 valence electrons. The Labute approximate surface area is 336 Å². The number of carbonyl (C=O) groups is 7. The van der Waals surface area contributed by atoms with Gasteiger partial charge in [-0.05, 0) is 38.5 Å². The SMILES string of the molecule is C(=NC1CC[CH+]CC1)=NC1CCCCC1.CC(=O)O.CC(=O)OC(=NC1CCCCC1)NC1CCCCC1.CC(=O)ON1C(=O)CCC1=O.O=C1CCC(=O)N1O. The van der Waals surface area contributed by atoms with Gasteiger partial charge in [0, 0.05) is 65.3 Å². The quantitative estimate of drug-likeness (QED) is 0.0722. The van der Waals surface area contributed by atoms with Crippen molar-refractivity contribution in [3.63, 3.8) is 0 Å². The average Bonchev–Trinajstić information content (AvgIpc) is 3.66. The molecule has 4 saturated carbocycles. The zero-order valence-electron chi connectivity index (χ0n) is 34.0. The number of amidine groups is 1. The first-order valence-corrected chi connectivity index (χ1v) is 20.5. The second-order valence-electron chi connectivity index (χ2n) is 14.8. The van der Waals surface area contributed by atoms with Crippen LogP contribution in [-0.4, -0.2) is 98.2 Å². The predicted octanol–water partition coefficient (Wildman–Crippen LogP) is 6.03. The van der Waals surface area contributed by atoms with E-state index in [4.69, 9.17) is 19.8 Å². The second kappa shape index (κ2) is 27.9. The molecule has 17 nitrogen and oxygen atoms in total. The van der Waals surface area contributed by atoms with Crippen LogP contribution < -0.4 is 5.32 Å². The first-order valence-electron chi connectivity index (χ1n) is 20.5. The number of carboxylic acids is 1. The minimum atomic E-state index is -0.833. The maximum absolute atomic E-state index is 11.2. The van der Waals surface area contributed by atoms with Gasteiger partial charge in [-0.2, -0.15) is 5.06 Å². The van der Waals surface area contributed by atoms with Crippen molar-refractivity contribution in [2.75, 3.05) is 0 Å². The fourth-order valence-electron chi connectivity index (χ4n) is 6.82. The Morgan fingerprint density at radius 2 is 1.07 bits per heavy atom. The molecule has 0 aromatic carbocycles. The van der Waals surface area contributed by atoms with Gasteiger partial charge in [-0.1, -0.05) is 57.8 Å². The molecule has 0 radical (unpaired) electrons. The van der Waals surface area contributed by atoms with E-state index in [1.54, 1.807) is 0 Å². The number of esters is 1. The molecule has 4 aliphatic carbocycles. The van der Waals surface area contributed by atoms with E-state index in [9.17, 15) is 28.8 Å². The Balaban J connectivity index is 0.000000264. The molecule has 17 heteroatoms. The van der Waals surface area contributed by atoms with Crippen LogP contribution in [0.4, 0.5) is 0 Å². The summed E-state index contributed by atoms with van der Waals surface area (Å²) in [6.07, 6.45) is 26.5. The lowest BCUT2D eigenvalue weighted by molar-refractivity contribution is -0.195. The number of carboxylic acid groups (broad SMARTS) is 1. The molecule has 4 amide bonds. The summed E-state index contributed by atoms with van der Waals surface area (Å²) in [6, 6.07) is 5.21. The summed E-state index contributed by atoms with van der Waals surface area (Å²) in [5, 5.41) is 19.8. The van der Waals surface area contributed by atoms with Crippen LogP contribution in [0.5, 0.6) is 0 Å². The molecule has 2 aliphatic heterocycles. The van der Waals surface area contributed by atoms with Crippen molar-refractivity contribution in [2.24, 2.45) is 15.0 Å². The van der Waals surface area contributed by atoms with Gasteiger partial charge in [-0.25, -0.2) is 19.8 Å². The van der Waals surface area contributed by atoms with Crippen molar-refractivity contribution in [2.45, 2.75) is 193 Å². The summed E-state index contributed by atoms with van der Waals surface area (Å²) in [5.74, 6) is -3.69. The van der Waals surface area contributed by atoms with E-state index in [2.05, 4.69) is 37.6 Å². The van der Waals surface area contributed by atoms with Crippen molar-refractivity contribution in [3.05, 3.63) is 6.42 Å². The van der Waals surface area contributed by atoms with Crippen LogP contribution in [0.2, 0.25) is 0 Å². The van der Waals surface area contributed by atoms with Gasteiger partial charge in [-0.3, -0.25) is 34.0 Å². The third-order valence-corrected chi connectivity index (χ3v) is 9.76. The summed E-state index contributed by atoms with van der Waals surface area (Å²) in [6.45, 7) is 3.66. The highest BCUT2D eigenvalue weighted by Gasteiger charge is 2.32. The Morgan fingerprint density at radius 1 is 0.649 bits per heavy atom. The molecule has 0 bridgehead atoms. The summed E-state index contributed by atoms with van der Waals surface area (Å²) in [5.41, 5.74) is 0. The average molecular weight is 804 g/mol. The number of hydrogen-bond acceptors (Lipinski definition) is 13. The van der Waals surface area contributed by atoms with E-state index in [0.717, 1.165) is 39.5 Å². The molecule has 3 N–H and O–H groups in total. The number of imide groups is 2. The van der Waals surface area contributed by atoms with E-state index >= 15 is 0 Å². The molecule has 0 unspecified atom stereocenters. The van der Waals surface area contributed by atoms with Gasteiger partial charge in [0.1, 0.15) is 0 Å². The third-order valence-electron chi connectivity index (χ3n) is 9.76. The summed E-state index contributed by atoms with van der Waals surface area (Å²) < 4.78 is 5.26. The van der Waals surface area contributed by atoms with Gasteiger partial charge in [0.25, 0.3) is 35.6 Å². The lowest BCUT2D eigenvalue weighted by atomic mass is 9.95. The number of hydrogen-bond donors (Lipinski definition) is 3. The summed E-state index contributed by atoms with van der Waals surface area (Å²) in [4.78, 5) is 90.3. The Kier molecular flexibility index (Phi) is 23.7. The highest BCUT2D eigenvalue weighted by Crippen LogP contribution is 2.23. The van der Waals surface area contributed by atoms with Crippen LogP contribution in [0, 0.1) is 6.42 Å². The molecule has 57 heavy (non-hydrogen) atoms. The largest absolute Gasteiger partial charge is 0.481 e. The number of rotatable bonds is 5. The first kappa shape index (κ1) is 48.5. The number of hydroxylamine groups is 4. The van der Waals surface area contributed by atoms with Crippen LogP contribution >= 0.6 is 0 Å². The van der Waals surface area contributed by atoms with E-state index in [1.165, 1.54) is 103 Å². The van der Waals surface area contributed by atoms with Gasteiger partial charge in [-0.15, -0.1) is 5.06 Å². The highest BCUT2D eigenvalue weighted by atomic mass is 16.7. The van der Waals surface area contributed by atoms with Crippen LogP contribution in [0.1, 0.15) is 168 Å². The number of nitrogens with one attached hydrogen (secondary N) is 1. The van der Waals surface area contributed by atoms with Gasteiger partial charge < -0.3 is 20.0 Å². The maximum atomic E-state index is 11.2. The molecular weight excluding hydrogens is 740 g/mol. The van der Waals surface area contributed by atoms with E-state index in [1.807, 2.05) is 0 Å². The predicted molar refractivity (Wildman–Crippen MR) is 208 cm³/mol. The molecule has 0 atom stereocenters. The molecule has 2 saturated heterocycles. The topological polar surface area (TPSA) is 234 Å². The molecular formula is C40H63N6O11+. The Hall–Kier alpha value is -4.63. The molecule has 0 aromatic heterocycles. The number of ether oxygens (including phenoxy) is 1. The number of carbonyl (C=O) groups excluding carboxylic acids is 6. The first-order chi connectivity index (χ1) is 27.2. The van der Waals surface area contributed by atoms with Gasteiger partial charge >= 0.3 is 11.9 Å². The number of aliphatic carboxylic acids is 1. The third kappa shape index (κ3) is 22.0. The zero-order valence-corrected chi connectivity index (χ0v) is 34.0. The fourth-order valence-corrected chi connectivity index (χ4v) is 6.82. The van der Waals surface area contributed by atoms with E-state index in [0.29, 0.717) is 35.3 Å². The molecule has 0 spiro atoms. The van der Waals surface area contributed by atoms with Crippen LogP contribution in [0.15, 0.2) is 15.0 Å². The van der Waals surface area contributed by atoms with Crippen molar-refractivity contribution in [3.8, 4) is 0 Å². The smallest absolute Gasteiger partial charge is 0.330 e. The summed E-state index contributed by atoms with van der Waals surface area (Å²) in [7, 11) is 0. The van der Waals surface area contributed by atoms with Gasteiger partial charge in [0.2, 0.25) is 0 Å². The Morgan fingerprint density at radius 3 is 1.49 bits per heavy atom. The number of amides is 4. The maximum Gasteiger partial charge on any atom is 0.330 e. The molecule has 6 aliphatic rings.